The van der Waals surface area contributed by atoms with Gasteiger partial charge in [0.15, 0.2) is 0 Å². The topological polar surface area (TPSA) is 9.23 Å². The van der Waals surface area contributed by atoms with Gasteiger partial charge in [-0.2, -0.15) is 8.78 Å². The highest BCUT2D eigenvalue weighted by molar-refractivity contribution is 6.30. The summed E-state index contributed by atoms with van der Waals surface area (Å²) in [6, 6.07) is 7.73. The van der Waals surface area contributed by atoms with Gasteiger partial charge in [0.2, 0.25) is 0 Å². The van der Waals surface area contributed by atoms with Crippen LogP contribution < -0.4 is 4.74 Å². The Morgan fingerprint density at radius 2 is 1.19 bits per heavy atom. The van der Waals surface area contributed by atoms with E-state index in [2.05, 4.69) is 6.92 Å². The number of hydrogen-bond donors (Lipinski definition) is 0. The van der Waals surface area contributed by atoms with Crippen molar-refractivity contribution in [3.05, 3.63) is 53.1 Å². The first kappa shape index (κ1) is 31.7. The van der Waals surface area contributed by atoms with Crippen molar-refractivity contribution in [2.24, 2.45) is 35.5 Å². The summed E-state index contributed by atoms with van der Waals surface area (Å²) in [5, 5.41) is 0.437. The van der Waals surface area contributed by atoms with E-state index in [0.29, 0.717) is 29.7 Å². The molecule has 0 radical (unpaired) electrons. The molecule has 0 aliphatic heterocycles. The van der Waals surface area contributed by atoms with Gasteiger partial charge in [-0.1, -0.05) is 69.2 Å². The molecule has 3 saturated carbocycles. The fourth-order valence-corrected chi connectivity index (χ4v) is 8.51. The monoisotopic (exact) mass is 606 g/mol. The average molecular weight is 607 g/mol. The maximum atomic E-state index is 15.2. The predicted molar refractivity (Wildman–Crippen MR) is 163 cm³/mol. The highest BCUT2D eigenvalue weighted by Gasteiger charge is 2.45. The number of unbranched alkanes of at least 4 members (excludes halogenated alkanes) is 2. The highest BCUT2D eigenvalue weighted by atomic mass is 35.5. The Kier molecular flexibility index (Phi) is 10.8. The van der Waals surface area contributed by atoms with Crippen molar-refractivity contribution in [1.29, 1.82) is 0 Å². The number of alkyl halides is 2. The van der Waals surface area contributed by atoms with Crippen LogP contribution in [0.2, 0.25) is 5.02 Å². The van der Waals surface area contributed by atoms with Crippen LogP contribution in [-0.2, 0) is 0 Å². The normalized spacial score (nSPS) is 28.9. The van der Waals surface area contributed by atoms with Crippen LogP contribution in [0.4, 0.5) is 17.6 Å². The van der Waals surface area contributed by atoms with Gasteiger partial charge in [0.1, 0.15) is 17.4 Å². The Bertz CT molecular complexity index is 1100. The molecular formula is C36H47ClF4O. The van der Waals surface area contributed by atoms with Crippen molar-refractivity contribution >= 4 is 11.6 Å². The van der Waals surface area contributed by atoms with E-state index in [1.54, 1.807) is 0 Å². The summed E-state index contributed by atoms with van der Waals surface area (Å²) in [4.78, 5) is 0. The standard InChI is InChI=1S/C36H47ClF4O/c1-2-3-4-5-24-6-8-25(9-7-24)26-10-12-27(13-11-26)28-14-18-30(19-15-28)36(40,41)42-32-22-33(38)35(34(39)23-32)29-16-20-31(37)21-17-29/h16-17,20-28,30H,2-15,18-19H2,1H3. The van der Waals surface area contributed by atoms with E-state index in [1.807, 2.05) is 0 Å². The van der Waals surface area contributed by atoms with Crippen LogP contribution in [0.3, 0.4) is 0 Å². The molecule has 0 N–H and O–H groups in total. The zero-order valence-corrected chi connectivity index (χ0v) is 25.8. The molecule has 6 heteroatoms. The first-order valence-electron chi connectivity index (χ1n) is 16.5. The lowest BCUT2D eigenvalue weighted by atomic mass is 9.65. The van der Waals surface area contributed by atoms with Crippen molar-refractivity contribution in [2.75, 3.05) is 0 Å². The molecule has 0 saturated heterocycles. The van der Waals surface area contributed by atoms with E-state index in [9.17, 15) is 8.78 Å². The molecule has 0 heterocycles. The summed E-state index contributed by atoms with van der Waals surface area (Å²) in [7, 11) is 0. The summed E-state index contributed by atoms with van der Waals surface area (Å²) in [6.45, 7) is 2.28. The molecule has 0 amide bonds. The summed E-state index contributed by atoms with van der Waals surface area (Å²) in [6.07, 6.45) is 15.1. The third kappa shape index (κ3) is 7.85. The summed E-state index contributed by atoms with van der Waals surface area (Å²) >= 11 is 5.87. The van der Waals surface area contributed by atoms with E-state index >= 15 is 8.78 Å². The number of benzene rings is 2. The van der Waals surface area contributed by atoms with Crippen LogP contribution >= 0.6 is 11.6 Å². The van der Waals surface area contributed by atoms with Crippen LogP contribution in [0, 0.1) is 47.1 Å². The molecule has 3 aliphatic carbocycles. The molecular weight excluding hydrogens is 560 g/mol. The van der Waals surface area contributed by atoms with E-state index in [0.717, 1.165) is 42.7 Å². The van der Waals surface area contributed by atoms with E-state index < -0.39 is 29.4 Å². The van der Waals surface area contributed by atoms with Crippen LogP contribution in [0.5, 0.6) is 5.75 Å². The minimum absolute atomic E-state index is 0.283. The molecule has 2 aromatic carbocycles. The molecule has 0 bridgehead atoms. The Hall–Kier alpha value is -1.75. The van der Waals surface area contributed by atoms with Gasteiger partial charge in [-0.3, -0.25) is 0 Å². The Labute approximate surface area is 254 Å². The Balaban J connectivity index is 1.07. The third-order valence-electron chi connectivity index (χ3n) is 10.9. The van der Waals surface area contributed by atoms with Crippen molar-refractivity contribution in [1.82, 2.24) is 0 Å². The van der Waals surface area contributed by atoms with Gasteiger partial charge in [-0.05, 0) is 111 Å². The molecule has 232 valence electrons. The molecule has 1 nitrogen and oxygen atoms in total. The van der Waals surface area contributed by atoms with Crippen molar-refractivity contribution < 1.29 is 22.3 Å². The van der Waals surface area contributed by atoms with Gasteiger partial charge in [-0.25, -0.2) is 8.78 Å². The predicted octanol–water partition coefficient (Wildman–Crippen LogP) is 12.3. The largest absolute Gasteiger partial charge is 0.432 e. The second kappa shape index (κ2) is 14.4. The molecule has 0 spiro atoms. The molecule has 5 rings (SSSR count). The summed E-state index contributed by atoms with van der Waals surface area (Å²) in [5.41, 5.74) is -0.00194. The zero-order valence-electron chi connectivity index (χ0n) is 25.0. The quantitative estimate of drug-likeness (QED) is 0.193. The first-order valence-corrected chi connectivity index (χ1v) is 16.9. The van der Waals surface area contributed by atoms with E-state index in [4.69, 9.17) is 16.3 Å². The van der Waals surface area contributed by atoms with Crippen molar-refractivity contribution in [3.63, 3.8) is 0 Å². The Morgan fingerprint density at radius 3 is 1.69 bits per heavy atom. The maximum absolute atomic E-state index is 15.2. The fraction of sp³-hybridized carbons (Fsp3) is 0.667. The van der Waals surface area contributed by atoms with Crippen LogP contribution in [0.1, 0.15) is 110 Å². The maximum Gasteiger partial charge on any atom is 0.400 e. The minimum atomic E-state index is -3.47. The first-order chi connectivity index (χ1) is 20.2. The second-order valence-electron chi connectivity index (χ2n) is 13.5. The SMILES string of the molecule is CCCCCC1CCC(C2CCC(C3CCC(C(F)(F)Oc4cc(F)c(-c5ccc(Cl)cc5)c(F)c4)CC3)CC2)CC1. The van der Waals surface area contributed by atoms with Gasteiger partial charge in [-0.15, -0.1) is 0 Å². The molecule has 0 unspecified atom stereocenters. The highest BCUT2D eigenvalue weighted by Crippen LogP contribution is 2.48. The van der Waals surface area contributed by atoms with Crippen molar-refractivity contribution in [2.45, 2.75) is 116 Å². The average Bonchev–Trinajstić information content (AvgIpc) is 2.98. The molecule has 42 heavy (non-hydrogen) atoms. The van der Waals surface area contributed by atoms with Gasteiger partial charge < -0.3 is 4.74 Å². The molecule has 3 aliphatic rings. The summed E-state index contributed by atoms with van der Waals surface area (Å²) < 4.78 is 64.9. The van der Waals surface area contributed by atoms with Crippen LogP contribution in [0.25, 0.3) is 11.1 Å². The Morgan fingerprint density at radius 1 is 0.714 bits per heavy atom. The van der Waals surface area contributed by atoms with Crippen LogP contribution in [-0.4, -0.2) is 6.11 Å². The molecule has 2 aromatic rings. The van der Waals surface area contributed by atoms with Crippen LogP contribution in [0.15, 0.2) is 36.4 Å². The van der Waals surface area contributed by atoms with Gasteiger partial charge in [0.25, 0.3) is 0 Å². The summed E-state index contributed by atoms with van der Waals surface area (Å²) in [5.74, 6) is 0.543. The van der Waals surface area contributed by atoms with Crippen molar-refractivity contribution in [3.8, 4) is 16.9 Å². The number of ether oxygens (including phenoxy) is 1. The lowest BCUT2D eigenvalue weighted by Gasteiger charge is -2.42. The van der Waals surface area contributed by atoms with E-state index in [1.165, 1.54) is 101 Å². The second-order valence-corrected chi connectivity index (χ2v) is 13.9. The molecule has 3 fully saturated rings. The molecule has 0 aromatic heterocycles. The third-order valence-corrected chi connectivity index (χ3v) is 11.2. The zero-order chi connectivity index (χ0) is 29.7. The number of hydrogen-bond acceptors (Lipinski definition) is 1. The van der Waals surface area contributed by atoms with Gasteiger partial charge >= 0.3 is 6.11 Å². The van der Waals surface area contributed by atoms with Gasteiger partial charge in [0.05, 0.1) is 11.5 Å². The fourth-order valence-electron chi connectivity index (χ4n) is 8.39. The number of rotatable bonds is 10. The van der Waals surface area contributed by atoms with E-state index in [-0.39, 0.29) is 11.1 Å². The molecule has 0 atom stereocenters. The van der Waals surface area contributed by atoms with Gasteiger partial charge in [0, 0.05) is 17.2 Å². The number of halogens is 5. The lowest BCUT2D eigenvalue weighted by molar-refractivity contribution is -0.224. The smallest absolute Gasteiger partial charge is 0.400 e. The lowest BCUT2D eigenvalue weighted by Crippen LogP contribution is -2.38. The minimum Gasteiger partial charge on any atom is -0.432 e.